The quantitative estimate of drug-likeness (QED) is 0.568. The summed E-state index contributed by atoms with van der Waals surface area (Å²) in [5.41, 5.74) is 1.59. The molecule has 0 atom stereocenters. The lowest BCUT2D eigenvalue weighted by atomic mass is 10.1. The molecule has 0 fully saturated rings. The third-order valence-corrected chi connectivity index (χ3v) is 2.19. The van der Waals surface area contributed by atoms with Crippen LogP contribution in [-0.4, -0.2) is 15.2 Å². The summed E-state index contributed by atoms with van der Waals surface area (Å²) in [6.45, 7) is 2.03. The summed E-state index contributed by atoms with van der Waals surface area (Å²) in [5, 5.41) is 17.9. The molecule has 1 aromatic heterocycles. The van der Waals surface area contributed by atoms with Crippen LogP contribution in [0.5, 0.6) is 0 Å². The van der Waals surface area contributed by atoms with Gasteiger partial charge in [-0.2, -0.15) is 0 Å². The van der Waals surface area contributed by atoms with Gasteiger partial charge in [0.25, 0.3) is 0 Å². The van der Waals surface area contributed by atoms with Gasteiger partial charge in [-0.1, -0.05) is 13.3 Å². The summed E-state index contributed by atoms with van der Waals surface area (Å²) in [5.74, 6) is 0. The van der Waals surface area contributed by atoms with Crippen molar-refractivity contribution in [3.8, 4) is 0 Å². The van der Waals surface area contributed by atoms with E-state index >= 15 is 0 Å². The molecule has 78 valence electrons. The Morgan fingerprint density at radius 1 is 1.40 bits per heavy atom. The van der Waals surface area contributed by atoms with E-state index in [-0.39, 0.29) is 11.2 Å². The van der Waals surface area contributed by atoms with E-state index < -0.39 is 4.92 Å². The second-order valence-corrected chi connectivity index (χ2v) is 3.21. The van der Waals surface area contributed by atoms with Crippen molar-refractivity contribution in [3.05, 3.63) is 27.8 Å². The molecule has 0 aliphatic carbocycles. The van der Waals surface area contributed by atoms with Gasteiger partial charge in [-0.15, -0.1) is 0 Å². The Morgan fingerprint density at radius 2 is 2.13 bits per heavy atom. The van der Waals surface area contributed by atoms with E-state index in [0.29, 0.717) is 5.52 Å². The number of fused-ring (bicyclic) bond motifs is 1. The van der Waals surface area contributed by atoms with Crippen molar-refractivity contribution in [3.63, 3.8) is 0 Å². The lowest BCUT2D eigenvalue weighted by molar-refractivity contribution is -0.383. The molecule has 0 saturated carbocycles. The van der Waals surface area contributed by atoms with Gasteiger partial charge in [-0.25, -0.2) is 4.63 Å². The second kappa shape index (κ2) is 3.64. The highest BCUT2D eigenvalue weighted by molar-refractivity contribution is 5.85. The van der Waals surface area contributed by atoms with Crippen LogP contribution in [0.2, 0.25) is 0 Å². The van der Waals surface area contributed by atoms with Crippen molar-refractivity contribution < 1.29 is 9.55 Å². The number of non-ortho nitro benzene ring substituents is 1. The van der Waals surface area contributed by atoms with Crippen molar-refractivity contribution >= 4 is 16.7 Å². The van der Waals surface area contributed by atoms with Crippen LogP contribution in [0.25, 0.3) is 11.0 Å². The van der Waals surface area contributed by atoms with Gasteiger partial charge < -0.3 is 0 Å². The van der Waals surface area contributed by atoms with Crippen molar-refractivity contribution in [1.82, 2.24) is 10.3 Å². The van der Waals surface area contributed by atoms with Gasteiger partial charge in [0.1, 0.15) is 5.52 Å². The normalized spacial score (nSPS) is 10.7. The van der Waals surface area contributed by atoms with E-state index in [2.05, 4.69) is 14.9 Å². The number of hydrogen-bond donors (Lipinski definition) is 0. The molecule has 0 aliphatic rings. The maximum Gasteiger partial charge on any atom is 0.300 e. The molecule has 0 N–H and O–H groups in total. The highest BCUT2D eigenvalue weighted by Crippen LogP contribution is 2.25. The summed E-state index contributed by atoms with van der Waals surface area (Å²) in [7, 11) is 0. The van der Waals surface area contributed by atoms with Crippen molar-refractivity contribution in [2.24, 2.45) is 0 Å². The standard InChI is InChI=1S/C9H9N3O3/c1-2-3-6-4-5-7(12(13)14)9-8(6)10-15-11-9/h4-5H,2-3H2,1H3. The van der Waals surface area contributed by atoms with E-state index in [9.17, 15) is 10.1 Å². The largest absolute Gasteiger partial charge is 0.300 e. The summed E-state index contributed by atoms with van der Waals surface area (Å²) in [6.07, 6.45) is 1.75. The average Bonchev–Trinajstić information content (AvgIpc) is 2.66. The maximum absolute atomic E-state index is 10.7. The van der Waals surface area contributed by atoms with Crippen LogP contribution < -0.4 is 0 Å². The van der Waals surface area contributed by atoms with Gasteiger partial charge >= 0.3 is 5.69 Å². The molecule has 0 saturated heterocycles. The first-order chi connectivity index (χ1) is 7.24. The van der Waals surface area contributed by atoms with Gasteiger partial charge in [-0.05, 0) is 28.4 Å². The topological polar surface area (TPSA) is 82.1 Å². The first-order valence-corrected chi connectivity index (χ1v) is 4.62. The van der Waals surface area contributed by atoms with Gasteiger partial charge in [-0.3, -0.25) is 10.1 Å². The van der Waals surface area contributed by atoms with Crippen LogP contribution in [0.4, 0.5) is 5.69 Å². The van der Waals surface area contributed by atoms with Crippen molar-refractivity contribution in [2.75, 3.05) is 0 Å². The van der Waals surface area contributed by atoms with Gasteiger partial charge in [0, 0.05) is 6.07 Å². The lowest BCUT2D eigenvalue weighted by Gasteiger charge is -1.97. The van der Waals surface area contributed by atoms with Crippen molar-refractivity contribution in [2.45, 2.75) is 19.8 Å². The highest BCUT2D eigenvalue weighted by atomic mass is 16.6. The zero-order chi connectivity index (χ0) is 10.8. The monoisotopic (exact) mass is 207 g/mol. The van der Waals surface area contributed by atoms with E-state index in [1.54, 1.807) is 6.07 Å². The molecule has 2 rings (SSSR count). The van der Waals surface area contributed by atoms with Crippen molar-refractivity contribution in [1.29, 1.82) is 0 Å². The first kappa shape index (κ1) is 9.57. The van der Waals surface area contributed by atoms with E-state index in [4.69, 9.17) is 0 Å². The predicted octanol–water partition coefficient (Wildman–Crippen LogP) is 2.08. The third-order valence-electron chi connectivity index (χ3n) is 2.19. The Kier molecular flexibility index (Phi) is 2.32. The fourth-order valence-corrected chi connectivity index (χ4v) is 1.52. The molecule has 6 heteroatoms. The number of rotatable bonds is 3. The number of aryl methyl sites for hydroxylation is 1. The Hall–Kier alpha value is -1.98. The molecule has 0 spiro atoms. The number of nitro benzene ring substituents is 1. The molecule has 0 unspecified atom stereocenters. The molecule has 1 aromatic carbocycles. The summed E-state index contributed by atoms with van der Waals surface area (Å²) < 4.78 is 4.54. The Bertz CT molecular complexity index is 506. The second-order valence-electron chi connectivity index (χ2n) is 3.21. The average molecular weight is 207 g/mol. The van der Waals surface area contributed by atoms with E-state index in [1.807, 2.05) is 6.92 Å². The van der Waals surface area contributed by atoms with Crippen LogP contribution in [-0.2, 0) is 6.42 Å². The minimum atomic E-state index is -0.484. The highest BCUT2D eigenvalue weighted by Gasteiger charge is 2.18. The van der Waals surface area contributed by atoms with Gasteiger partial charge in [0.2, 0.25) is 5.52 Å². The smallest absolute Gasteiger partial charge is 0.258 e. The zero-order valence-corrected chi connectivity index (χ0v) is 8.14. The number of hydrogen-bond acceptors (Lipinski definition) is 5. The van der Waals surface area contributed by atoms with E-state index in [0.717, 1.165) is 18.4 Å². The number of nitrogens with zero attached hydrogens (tertiary/aromatic N) is 3. The molecule has 0 bridgehead atoms. The number of benzene rings is 1. The number of aromatic nitrogens is 2. The molecule has 0 radical (unpaired) electrons. The van der Waals surface area contributed by atoms with Crippen LogP contribution in [0.3, 0.4) is 0 Å². The molecule has 2 aromatic rings. The Morgan fingerprint density at radius 3 is 2.80 bits per heavy atom. The number of nitro groups is 1. The SMILES string of the molecule is CCCc1ccc([N+](=O)[O-])c2nonc12. The first-order valence-electron chi connectivity index (χ1n) is 4.62. The molecule has 0 aliphatic heterocycles. The summed E-state index contributed by atoms with van der Waals surface area (Å²) >= 11 is 0. The zero-order valence-electron chi connectivity index (χ0n) is 8.14. The predicted molar refractivity (Wildman–Crippen MR) is 52.5 cm³/mol. The van der Waals surface area contributed by atoms with Gasteiger partial charge in [0.15, 0.2) is 0 Å². The third kappa shape index (κ3) is 1.54. The summed E-state index contributed by atoms with van der Waals surface area (Å²) in [6, 6.07) is 3.14. The maximum atomic E-state index is 10.7. The van der Waals surface area contributed by atoms with Gasteiger partial charge in [0.05, 0.1) is 4.92 Å². The molecule has 0 amide bonds. The minimum absolute atomic E-state index is 0.0638. The Labute approximate surface area is 85.0 Å². The molecule has 6 nitrogen and oxygen atoms in total. The molecular formula is C9H9N3O3. The minimum Gasteiger partial charge on any atom is -0.258 e. The molecule has 15 heavy (non-hydrogen) atoms. The van der Waals surface area contributed by atoms with Crippen LogP contribution in [0.15, 0.2) is 16.8 Å². The molecular weight excluding hydrogens is 198 g/mol. The fourth-order valence-electron chi connectivity index (χ4n) is 1.52. The molecule has 1 heterocycles. The van der Waals surface area contributed by atoms with Crippen LogP contribution in [0, 0.1) is 10.1 Å². The van der Waals surface area contributed by atoms with Crippen LogP contribution in [0.1, 0.15) is 18.9 Å². The summed E-state index contributed by atoms with van der Waals surface area (Å²) in [4.78, 5) is 10.2. The fraction of sp³-hybridized carbons (Fsp3) is 0.333. The van der Waals surface area contributed by atoms with E-state index in [1.165, 1.54) is 6.07 Å². The Balaban J connectivity index is 2.65. The lowest BCUT2D eigenvalue weighted by Crippen LogP contribution is -1.92. The van der Waals surface area contributed by atoms with Crippen LogP contribution >= 0.6 is 0 Å².